The Morgan fingerprint density at radius 3 is 2.52 bits per heavy atom. The number of benzene rings is 1. The zero-order chi connectivity index (χ0) is 22.3. The molecule has 2 atom stereocenters. The number of anilines is 1. The Kier molecular flexibility index (Phi) is 5.33. The van der Waals surface area contributed by atoms with E-state index in [1.54, 1.807) is 24.4 Å². The molecule has 1 aromatic carbocycles. The molecule has 0 bridgehead atoms. The number of nitrogens with zero attached hydrogens (tertiary/aromatic N) is 2. The zero-order valence-corrected chi connectivity index (χ0v) is 18.2. The zero-order valence-electron chi connectivity index (χ0n) is 18.2. The number of ketones is 1. The average Bonchev–Trinajstić information content (AvgIpc) is 2.66. The summed E-state index contributed by atoms with van der Waals surface area (Å²) in [5.41, 5.74) is 3.48. The van der Waals surface area contributed by atoms with Gasteiger partial charge in [0.15, 0.2) is 5.78 Å². The van der Waals surface area contributed by atoms with Gasteiger partial charge in [-0.3, -0.25) is 14.6 Å². The van der Waals surface area contributed by atoms with E-state index in [1.165, 1.54) is 12.1 Å². The summed E-state index contributed by atoms with van der Waals surface area (Å²) in [5.74, 6) is -1.38. The van der Waals surface area contributed by atoms with E-state index in [4.69, 9.17) is 4.99 Å². The van der Waals surface area contributed by atoms with Gasteiger partial charge in [-0.25, -0.2) is 9.37 Å². The maximum atomic E-state index is 13.6. The predicted octanol–water partition coefficient (Wildman–Crippen LogP) is 4.99. The van der Waals surface area contributed by atoms with Gasteiger partial charge >= 0.3 is 0 Å². The van der Waals surface area contributed by atoms with Crippen molar-refractivity contribution in [2.24, 2.45) is 16.3 Å². The van der Waals surface area contributed by atoms with E-state index >= 15 is 0 Å². The molecule has 1 N–H and O–H groups in total. The summed E-state index contributed by atoms with van der Waals surface area (Å²) in [6, 6.07) is 9.68. The van der Waals surface area contributed by atoms with Gasteiger partial charge in [-0.05, 0) is 61.1 Å². The van der Waals surface area contributed by atoms with Crippen LogP contribution in [0.5, 0.6) is 0 Å². The molecule has 1 amide bonds. The molecule has 5 nitrogen and oxygen atoms in total. The molecule has 0 radical (unpaired) electrons. The average molecular weight is 420 g/mol. The van der Waals surface area contributed by atoms with E-state index in [1.807, 2.05) is 19.9 Å². The molecule has 4 rings (SSSR count). The Balaban J connectivity index is 1.79. The molecule has 0 saturated heterocycles. The van der Waals surface area contributed by atoms with Crippen molar-refractivity contribution in [2.75, 3.05) is 5.32 Å². The number of aliphatic imine (C=N–C) groups is 1. The predicted molar refractivity (Wildman–Crippen MR) is 118 cm³/mol. The van der Waals surface area contributed by atoms with Gasteiger partial charge in [-0.2, -0.15) is 0 Å². The van der Waals surface area contributed by atoms with E-state index in [2.05, 4.69) is 24.1 Å². The maximum absolute atomic E-state index is 13.6. The molecular formula is C25H26FN3O2. The number of aryl methyl sites for hydroxylation is 1. The van der Waals surface area contributed by atoms with Gasteiger partial charge in [-0.1, -0.05) is 26.0 Å². The summed E-state index contributed by atoms with van der Waals surface area (Å²) >= 11 is 0. The van der Waals surface area contributed by atoms with Crippen LogP contribution in [0, 0.1) is 24.1 Å². The van der Waals surface area contributed by atoms with Crippen molar-refractivity contribution in [3.8, 4) is 0 Å². The number of carbonyl (C=O) groups excluding carboxylic acids is 2. The van der Waals surface area contributed by atoms with Gasteiger partial charge in [0, 0.05) is 35.5 Å². The van der Waals surface area contributed by atoms with Crippen LogP contribution in [0.4, 0.5) is 10.2 Å². The molecule has 0 fully saturated rings. The number of aromatic nitrogens is 1. The number of allylic oxidation sites excluding steroid dienone is 2. The maximum Gasteiger partial charge on any atom is 0.235 e. The first-order valence-electron chi connectivity index (χ1n) is 10.4. The fourth-order valence-electron chi connectivity index (χ4n) is 4.62. The summed E-state index contributed by atoms with van der Waals surface area (Å²) in [5, 5.41) is 2.88. The molecular weight excluding hydrogens is 393 g/mol. The van der Waals surface area contributed by atoms with E-state index in [9.17, 15) is 14.0 Å². The number of rotatable bonds is 3. The number of hydrogen-bond acceptors (Lipinski definition) is 4. The lowest BCUT2D eigenvalue weighted by Gasteiger charge is -2.39. The van der Waals surface area contributed by atoms with Gasteiger partial charge in [0.25, 0.3) is 0 Å². The van der Waals surface area contributed by atoms with E-state index in [-0.39, 0.29) is 22.9 Å². The highest BCUT2D eigenvalue weighted by atomic mass is 19.1. The number of pyridine rings is 1. The van der Waals surface area contributed by atoms with Crippen molar-refractivity contribution in [2.45, 2.75) is 46.5 Å². The van der Waals surface area contributed by atoms with Crippen LogP contribution >= 0.6 is 0 Å². The highest BCUT2D eigenvalue weighted by Crippen LogP contribution is 2.47. The molecule has 31 heavy (non-hydrogen) atoms. The molecule has 160 valence electrons. The summed E-state index contributed by atoms with van der Waals surface area (Å²) in [6.07, 6.45) is 2.69. The smallest absolute Gasteiger partial charge is 0.235 e. The molecule has 0 saturated carbocycles. The lowest BCUT2D eigenvalue weighted by Crippen LogP contribution is -2.41. The van der Waals surface area contributed by atoms with Crippen molar-refractivity contribution in [1.29, 1.82) is 0 Å². The Hall–Kier alpha value is -3.15. The van der Waals surface area contributed by atoms with Crippen LogP contribution in [0.25, 0.3) is 0 Å². The van der Waals surface area contributed by atoms with Crippen molar-refractivity contribution in [3.05, 3.63) is 70.8 Å². The minimum Gasteiger partial charge on any atom is -0.310 e. The van der Waals surface area contributed by atoms with Crippen molar-refractivity contribution in [1.82, 2.24) is 4.98 Å². The number of carbonyl (C=O) groups is 2. The van der Waals surface area contributed by atoms with Crippen LogP contribution in [0.15, 0.2) is 58.9 Å². The molecule has 6 heteroatoms. The summed E-state index contributed by atoms with van der Waals surface area (Å²) in [7, 11) is 0. The summed E-state index contributed by atoms with van der Waals surface area (Å²) in [6.45, 7) is 7.84. The third-order valence-electron chi connectivity index (χ3n) is 5.98. The number of amides is 1. The largest absolute Gasteiger partial charge is 0.310 e. The first-order valence-corrected chi connectivity index (χ1v) is 10.4. The van der Waals surface area contributed by atoms with Crippen LogP contribution < -0.4 is 5.32 Å². The van der Waals surface area contributed by atoms with Crippen molar-refractivity contribution >= 4 is 23.2 Å². The monoisotopic (exact) mass is 419 g/mol. The third-order valence-corrected chi connectivity index (χ3v) is 5.98. The first-order chi connectivity index (χ1) is 14.6. The standard InChI is InChI=1S/C25H26FN3O2/c1-14-9-10-27-20(11-14)29-24(31)21-15(2)28-18-12-25(3,4)13-19(30)23(18)22(21)16-5-7-17(26)8-6-16/h5-11,21-22H,12-13H2,1-4H3,(H,27,29,31)/t21?,22-/m1/s1. The van der Waals surface area contributed by atoms with Crippen molar-refractivity contribution in [3.63, 3.8) is 0 Å². The highest BCUT2D eigenvalue weighted by Gasteiger charge is 2.45. The lowest BCUT2D eigenvalue weighted by atomic mass is 9.66. The van der Waals surface area contributed by atoms with E-state index < -0.39 is 11.8 Å². The molecule has 1 aromatic heterocycles. The van der Waals surface area contributed by atoms with Gasteiger partial charge in [-0.15, -0.1) is 0 Å². The van der Waals surface area contributed by atoms with Gasteiger partial charge in [0.2, 0.25) is 5.91 Å². The fraction of sp³-hybridized carbons (Fsp3) is 0.360. The van der Waals surface area contributed by atoms with Gasteiger partial charge < -0.3 is 5.32 Å². The molecule has 2 aliphatic rings. The van der Waals surface area contributed by atoms with E-state index in [0.29, 0.717) is 29.9 Å². The normalized spacial score (nSPS) is 22.6. The quantitative estimate of drug-likeness (QED) is 0.762. The molecule has 1 aliphatic heterocycles. The summed E-state index contributed by atoms with van der Waals surface area (Å²) < 4.78 is 13.6. The van der Waals surface area contributed by atoms with Crippen LogP contribution in [-0.2, 0) is 9.59 Å². The van der Waals surface area contributed by atoms with Crippen LogP contribution in [0.3, 0.4) is 0 Å². The molecule has 2 heterocycles. The second-order valence-corrected chi connectivity index (χ2v) is 9.27. The topological polar surface area (TPSA) is 71.4 Å². The molecule has 0 spiro atoms. The molecule has 1 unspecified atom stereocenters. The van der Waals surface area contributed by atoms with Crippen LogP contribution in [0.1, 0.15) is 50.7 Å². The molecule has 2 aromatic rings. The Morgan fingerprint density at radius 2 is 1.84 bits per heavy atom. The fourth-order valence-corrected chi connectivity index (χ4v) is 4.62. The second kappa shape index (κ2) is 7.84. The SMILES string of the molecule is CC1=NC2=C(C(=O)CC(C)(C)C2)[C@H](c2ccc(F)cc2)C1C(=O)Nc1cc(C)ccn1. The Labute approximate surface area is 181 Å². The first kappa shape index (κ1) is 21.1. The van der Waals surface area contributed by atoms with Crippen LogP contribution in [-0.4, -0.2) is 22.4 Å². The third kappa shape index (κ3) is 4.20. The Morgan fingerprint density at radius 1 is 1.13 bits per heavy atom. The van der Waals surface area contributed by atoms with Crippen LogP contribution in [0.2, 0.25) is 0 Å². The number of nitrogens with one attached hydrogen (secondary N) is 1. The molecule has 1 aliphatic carbocycles. The van der Waals surface area contributed by atoms with Gasteiger partial charge in [0.05, 0.1) is 5.92 Å². The number of hydrogen-bond donors (Lipinski definition) is 1. The highest BCUT2D eigenvalue weighted by molar-refractivity contribution is 6.13. The van der Waals surface area contributed by atoms with Crippen molar-refractivity contribution < 1.29 is 14.0 Å². The Bertz CT molecular complexity index is 1120. The summed E-state index contributed by atoms with van der Waals surface area (Å²) in [4.78, 5) is 35.6. The second-order valence-electron chi connectivity index (χ2n) is 9.27. The number of halogens is 1. The minimum absolute atomic E-state index is 0.00306. The number of Topliss-reactive ketones (excluding diaryl/α,β-unsaturated/α-hetero) is 1. The van der Waals surface area contributed by atoms with E-state index in [0.717, 1.165) is 16.8 Å². The minimum atomic E-state index is -0.684. The van der Waals surface area contributed by atoms with Gasteiger partial charge in [0.1, 0.15) is 11.6 Å². The lowest BCUT2D eigenvalue weighted by molar-refractivity contribution is -0.119.